The molecule has 5 nitrogen and oxygen atoms in total. The van der Waals surface area contributed by atoms with E-state index in [0.717, 1.165) is 32.1 Å². The highest BCUT2D eigenvalue weighted by molar-refractivity contribution is 5.85. The van der Waals surface area contributed by atoms with Gasteiger partial charge in [-0.3, -0.25) is 9.59 Å². The largest absolute Gasteiger partial charge is 0.457 e. The molecule has 37 heavy (non-hydrogen) atoms. The first kappa shape index (κ1) is 28.5. The summed E-state index contributed by atoms with van der Waals surface area (Å²) in [5.74, 6) is 0.880. The van der Waals surface area contributed by atoms with Gasteiger partial charge < -0.3 is 14.9 Å². The van der Waals surface area contributed by atoms with Crippen LogP contribution < -0.4 is 0 Å². The highest BCUT2D eigenvalue weighted by Gasteiger charge is 2.65. The number of hydrogen-bond acceptors (Lipinski definition) is 5. The summed E-state index contributed by atoms with van der Waals surface area (Å²) in [6, 6.07) is 0. The van der Waals surface area contributed by atoms with Crippen LogP contribution in [0, 0.1) is 39.4 Å². The molecule has 0 aliphatic heterocycles. The average molecular weight is 515 g/mol. The van der Waals surface area contributed by atoms with Gasteiger partial charge in [0.25, 0.3) is 0 Å². The molecule has 5 heteroatoms. The SMILES string of the molecule is CC(=O)O[C@H]([C@@H](O)C[C@@H](C)C1=C2C=C[C@H]3[C@@]4(C)CCC(=O)C(C)(C)[C@@H]4CC[C@]3(C)[C@@]2(C)CC1)C(C)(C)O. The molecular weight excluding hydrogens is 464 g/mol. The topological polar surface area (TPSA) is 83.8 Å². The number of allylic oxidation sites excluding steroid dienone is 4. The molecule has 0 spiro atoms. The second-order valence-electron chi connectivity index (χ2n) is 14.7. The number of aliphatic hydroxyl groups is 2. The zero-order chi connectivity index (χ0) is 27.8. The average Bonchev–Trinajstić information content (AvgIpc) is 3.12. The van der Waals surface area contributed by atoms with Gasteiger partial charge in [0.15, 0.2) is 6.10 Å². The van der Waals surface area contributed by atoms with Crippen molar-refractivity contribution in [3.63, 3.8) is 0 Å². The van der Waals surface area contributed by atoms with Gasteiger partial charge in [0.2, 0.25) is 0 Å². The second-order valence-corrected chi connectivity index (χ2v) is 14.7. The van der Waals surface area contributed by atoms with Gasteiger partial charge in [-0.1, -0.05) is 59.3 Å². The van der Waals surface area contributed by atoms with Crippen LogP contribution in [0.2, 0.25) is 0 Å². The Bertz CT molecular complexity index is 1010. The molecule has 2 saturated carbocycles. The number of ether oxygens (including phenoxy) is 1. The van der Waals surface area contributed by atoms with Crippen LogP contribution in [0.5, 0.6) is 0 Å². The van der Waals surface area contributed by atoms with E-state index in [1.807, 2.05) is 0 Å². The molecule has 0 heterocycles. The number of rotatable bonds is 6. The molecule has 2 fully saturated rings. The van der Waals surface area contributed by atoms with Crippen molar-refractivity contribution < 1.29 is 24.5 Å². The maximum absolute atomic E-state index is 12.9. The van der Waals surface area contributed by atoms with Crippen molar-refractivity contribution in [2.24, 2.45) is 39.4 Å². The van der Waals surface area contributed by atoms with Crippen LogP contribution in [0.1, 0.15) is 107 Å². The summed E-state index contributed by atoms with van der Waals surface area (Å²) in [4.78, 5) is 24.5. The summed E-state index contributed by atoms with van der Waals surface area (Å²) in [7, 11) is 0. The van der Waals surface area contributed by atoms with Gasteiger partial charge in [-0.05, 0) is 91.9 Å². The number of fused-ring (bicyclic) bond motifs is 5. The van der Waals surface area contributed by atoms with Crippen molar-refractivity contribution in [2.75, 3.05) is 0 Å². The summed E-state index contributed by atoms with van der Waals surface area (Å²) in [6.45, 7) is 18.4. The lowest BCUT2D eigenvalue weighted by Gasteiger charge is -2.66. The first-order valence-corrected chi connectivity index (χ1v) is 14.4. The van der Waals surface area contributed by atoms with Crippen LogP contribution in [-0.2, 0) is 14.3 Å². The number of aliphatic hydroxyl groups excluding tert-OH is 1. The molecule has 0 amide bonds. The minimum Gasteiger partial charge on any atom is -0.457 e. The molecule has 0 bridgehead atoms. The third kappa shape index (κ3) is 4.27. The van der Waals surface area contributed by atoms with E-state index in [1.165, 1.54) is 18.1 Å². The number of Topliss-reactive ketones (excluding diaryl/α,β-unsaturated/α-hetero) is 1. The maximum atomic E-state index is 12.9. The van der Waals surface area contributed by atoms with E-state index in [-0.39, 0.29) is 27.6 Å². The van der Waals surface area contributed by atoms with E-state index < -0.39 is 23.8 Å². The molecule has 0 saturated heterocycles. The zero-order valence-corrected chi connectivity index (χ0v) is 24.6. The summed E-state index contributed by atoms with van der Waals surface area (Å²) in [5.41, 5.74) is 1.50. The Hall–Kier alpha value is -1.46. The lowest BCUT2D eigenvalue weighted by Crippen LogP contribution is -2.61. The quantitative estimate of drug-likeness (QED) is 0.414. The minimum atomic E-state index is -1.33. The fourth-order valence-electron chi connectivity index (χ4n) is 9.44. The third-order valence-electron chi connectivity index (χ3n) is 11.7. The van der Waals surface area contributed by atoms with Gasteiger partial charge in [-0.2, -0.15) is 0 Å². The van der Waals surface area contributed by atoms with E-state index in [2.05, 4.69) is 53.7 Å². The van der Waals surface area contributed by atoms with Gasteiger partial charge >= 0.3 is 5.97 Å². The van der Waals surface area contributed by atoms with E-state index in [4.69, 9.17) is 4.74 Å². The van der Waals surface area contributed by atoms with Gasteiger partial charge in [0, 0.05) is 18.8 Å². The van der Waals surface area contributed by atoms with Crippen molar-refractivity contribution in [3.05, 3.63) is 23.3 Å². The van der Waals surface area contributed by atoms with Crippen molar-refractivity contribution in [2.45, 2.75) is 125 Å². The molecule has 0 radical (unpaired) electrons. The fourth-order valence-corrected chi connectivity index (χ4v) is 9.44. The summed E-state index contributed by atoms with van der Waals surface area (Å²) in [5, 5.41) is 21.6. The maximum Gasteiger partial charge on any atom is 0.303 e. The highest BCUT2D eigenvalue weighted by atomic mass is 16.6. The first-order valence-electron chi connectivity index (χ1n) is 14.4. The van der Waals surface area contributed by atoms with Gasteiger partial charge in [0.05, 0.1) is 11.7 Å². The lowest BCUT2D eigenvalue weighted by molar-refractivity contribution is -0.174. The van der Waals surface area contributed by atoms with Crippen LogP contribution in [0.15, 0.2) is 23.3 Å². The lowest BCUT2D eigenvalue weighted by atomic mass is 9.37. The third-order valence-corrected chi connectivity index (χ3v) is 11.7. The van der Waals surface area contributed by atoms with Gasteiger partial charge in [0.1, 0.15) is 5.78 Å². The van der Waals surface area contributed by atoms with Gasteiger partial charge in [-0.15, -0.1) is 0 Å². The molecule has 0 aromatic carbocycles. The van der Waals surface area contributed by atoms with Crippen molar-refractivity contribution >= 4 is 11.8 Å². The summed E-state index contributed by atoms with van der Waals surface area (Å²) >= 11 is 0. The molecule has 8 atom stereocenters. The monoisotopic (exact) mass is 514 g/mol. The molecule has 4 aliphatic rings. The Morgan fingerprint density at radius 1 is 1.14 bits per heavy atom. The Morgan fingerprint density at radius 3 is 2.38 bits per heavy atom. The number of carbonyl (C=O) groups is 2. The minimum absolute atomic E-state index is 0.0477. The smallest absolute Gasteiger partial charge is 0.303 e. The standard InChI is InChI=1S/C32H50O5/c1-19(18-23(34)27(29(5,6)36)37-20(2)33)21-12-16-31(8)22(21)10-11-25-30(7)15-14-26(35)28(3,4)24(30)13-17-32(25,31)9/h10-11,19,23-25,27,34,36H,12-18H2,1-9H3/t19-,23+,24+,25+,27-,30+,31+,32+/m1/s1. The first-order chi connectivity index (χ1) is 16.9. The Morgan fingerprint density at radius 2 is 1.78 bits per heavy atom. The highest BCUT2D eigenvalue weighted by Crippen LogP contribution is 2.72. The Kier molecular flexibility index (Phi) is 6.98. The number of ketones is 1. The summed E-state index contributed by atoms with van der Waals surface area (Å²) < 4.78 is 5.35. The van der Waals surface area contributed by atoms with Crippen molar-refractivity contribution in [1.82, 2.24) is 0 Å². The van der Waals surface area contributed by atoms with Crippen LogP contribution in [0.25, 0.3) is 0 Å². The van der Waals surface area contributed by atoms with E-state index in [9.17, 15) is 19.8 Å². The summed E-state index contributed by atoms with van der Waals surface area (Å²) in [6.07, 6.45) is 9.34. The predicted octanol–water partition coefficient (Wildman–Crippen LogP) is 6.17. The molecule has 0 unspecified atom stereocenters. The molecular formula is C32H50O5. The molecule has 4 aliphatic carbocycles. The molecule has 0 aromatic heterocycles. The van der Waals surface area contributed by atoms with E-state index in [1.54, 1.807) is 13.8 Å². The van der Waals surface area contributed by atoms with Crippen molar-refractivity contribution in [3.8, 4) is 0 Å². The second kappa shape index (κ2) is 9.05. The zero-order valence-electron chi connectivity index (χ0n) is 24.6. The van der Waals surface area contributed by atoms with Crippen LogP contribution in [-0.4, -0.2) is 39.8 Å². The Labute approximate surface area is 224 Å². The van der Waals surface area contributed by atoms with Crippen LogP contribution in [0.3, 0.4) is 0 Å². The predicted molar refractivity (Wildman–Crippen MR) is 146 cm³/mol. The number of esters is 1. The van der Waals surface area contributed by atoms with E-state index >= 15 is 0 Å². The van der Waals surface area contributed by atoms with Crippen LogP contribution >= 0.6 is 0 Å². The normalized spacial score (nSPS) is 39.4. The Balaban J connectivity index is 1.66. The fraction of sp³-hybridized carbons (Fsp3) is 0.812. The van der Waals surface area contributed by atoms with Gasteiger partial charge in [-0.25, -0.2) is 0 Å². The molecule has 2 N–H and O–H groups in total. The molecule has 4 rings (SSSR count). The molecule has 208 valence electrons. The van der Waals surface area contributed by atoms with Crippen molar-refractivity contribution in [1.29, 1.82) is 0 Å². The molecule has 0 aromatic rings. The van der Waals surface area contributed by atoms with Crippen LogP contribution in [0.4, 0.5) is 0 Å². The van der Waals surface area contributed by atoms with E-state index in [0.29, 0.717) is 30.5 Å². The number of carbonyl (C=O) groups excluding carboxylic acids is 2. The number of hydrogen-bond donors (Lipinski definition) is 2.